The van der Waals surface area contributed by atoms with Crippen LogP contribution in [-0.2, 0) is 11.3 Å². The number of rotatable bonds is 6. The number of aromatic nitrogens is 4. The summed E-state index contributed by atoms with van der Waals surface area (Å²) in [6, 6.07) is 8.95. The zero-order valence-electron chi connectivity index (χ0n) is 21.0. The highest BCUT2D eigenvalue weighted by Gasteiger charge is 2.27. The van der Waals surface area contributed by atoms with Gasteiger partial charge in [-0.15, -0.1) is 11.3 Å². The van der Waals surface area contributed by atoms with E-state index in [1.54, 1.807) is 30.6 Å². The van der Waals surface area contributed by atoms with Crippen molar-refractivity contribution in [2.45, 2.75) is 19.6 Å². The molecule has 1 atom stereocenters. The maximum absolute atomic E-state index is 12.1. The van der Waals surface area contributed by atoms with E-state index in [2.05, 4.69) is 20.3 Å². The molecule has 2 aromatic carbocycles. The highest BCUT2D eigenvalue weighted by atomic mass is 32.1. The summed E-state index contributed by atoms with van der Waals surface area (Å²) in [5, 5.41) is 13.2. The van der Waals surface area contributed by atoms with E-state index in [0.29, 0.717) is 44.7 Å². The number of hydrogen-bond donors (Lipinski definition) is 2. The van der Waals surface area contributed by atoms with Gasteiger partial charge < -0.3 is 24.1 Å². The third-order valence-electron chi connectivity index (χ3n) is 6.10. The van der Waals surface area contributed by atoms with Gasteiger partial charge in [0.1, 0.15) is 22.9 Å². The number of nitrogens with zero attached hydrogens (tertiary/aromatic N) is 4. The van der Waals surface area contributed by atoms with Crippen LogP contribution in [0.4, 0.5) is 10.5 Å². The van der Waals surface area contributed by atoms with Crippen LogP contribution in [0.15, 0.2) is 48.9 Å². The van der Waals surface area contributed by atoms with Crippen molar-refractivity contribution in [3.8, 4) is 28.0 Å². The fourth-order valence-corrected chi connectivity index (χ4v) is 5.42. The van der Waals surface area contributed by atoms with Gasteiger partial charge in [-0.25, -0.2) is 19.7 Å². The second-order valence-electron chi connectivity index (χ2n) is 8.82. The summed E-state index contributed by atoms with van der Waals surface area (Å²) in [6.45, 7) is 2.01. The number of benzene rings is 2. The Labute approximate surface area is 226 Å². The molecule has 11 nitrogen and oxygen atoms in total. The summed E-state index contributed by atoms with van der Waals surface area (Å²) in [6.07, 6.45) is 3.63. The molecule has 12 heteroatoms. The molecule has 0 spiro atoms. The molecule has 0 bridgehead atoms. The van der Waals surface area contributed by atoms with Crippen LogP contribution in [0.25, 0.3) is 31.8 Å². The van der Waals surface area contributed by atoms with E-state index in [0.717, 1.165) is 21.3 Å². The smallest absolute Gasteiger partial charge is 0.411 e. The number of thiazole rings is 1. The Kier molecular flexibility index (Phi) is 6.55. The maximum Gasteiger partial charge on any atom is 0.411 e. The first-order valence-electron chi connectivity index (χ1n) is 12.0. The number of ether oxygens (including phenoxy) is 4. The van der Waals surface area contributed by atoms with Crippen molar-refractivity contribution in [1.82, 2.24) is 19.9 Å². The van der Waals surface area contributed by atoms with Gasteiger partial charge in [-0.05, 0) is 48.4 Å². The third-order valence-corrected chi connectivity index (χ3v) is 7.19. The first kappa shape index (κ1) is 24.8. The van der Waals surface area contributed by atoms with Crippen molar-refractivity contribution in [2.75, 3.05) is 25.6 Å². The number of carbonyl (C=O) groups is 1. The van der Waals surface area contributed by atoms with Gasteiger partial charge in [0.05, 0.1) is 48.3 Å². The molecule has 4 heterocycles. The van der Waals surface area contributed by atoms with E-state index < -0.39 is 12.2 Å². The van der Waals surface area contributed by atoms with Crippen molar-refractivity contribution in [3.05, 3.63) is 60.0 Å². The molecule has 2 N–H and O–H groups in total. The summed E-state index contributed by atoms with van der Waals surface area (Å²) in [5.41, 5.74) is 4.92. The topological polar surface area (TPSA) is 138 Å². The zero-order chi connectivity index (χ0) is 26.9. The monoisotopic (exact) mass is 545 g/mol. The fraction of sp³-hybridized carbons (Fsp3) is 0.222. The molecule has 0 saturated heterocycles. The Morgan fingerprint density at radius 2 is 2.13 bits per heavy atom. The molecule has 6 rings (SSSR count). The molecule has 0 fully saturated rings. The molecule has 0 radical (unpaired) electrons. The molecule has 198 valence electrons. The molecular formula is C27H23N5O6S. The van der Waals surface area contributed by atoms with E-state index in [-0.39, 0.29) is 19.8 Å². The zero-order valence-corrected chi connectivity index (χ0v) is 21.8. The van der Waals surface area contributed by atoms with Crippen LogP contribution in [0.1, 0.15) is 11.1 Å². The highest BCUT2D eigenvalue weighted by molar-refractivity contribution is 7.22. The predicted octanol–water partition coefficient (Wildman–Crippen LogP) is 4.50. The molecular weight excluding hydrogens is 522 g/mol. The van der Waals surface area contributed by atoms with Crippen molar-refractivity contribution < 1.29 is 28.8 Å². The maximum atomic E-state index is 12.1. The van der Waals surface area contributed by atoms with E-state index in [9.17, 15) is 9.90 Å². The Morgan fingerprint density at radius 1 is 1.23 bits per heavy atom. The molecule has 39 heavy (non-hydrogen) atoms. The Hall–Kier alpha value is -4.55. The van der Waals surface area contributed by atoms with Gasteiger partial charge in [0.25, 0.3) is 0 Å². The second-order valence-corrected chi connectivity index (χ2v) is 9.81. The molecule has 1 aliphatic rings. The number of amides is 1. The standard InChI is InChI=1S/C27H23N5O6S/c1-14-6-20-24(36-12-17(38-20)13-37-27(34)30-16-4-3-5-28-9-16)25-22(14)32-26(39-25)18-7-15(11-33)8-19-23(18)29-10-21(31-19)35-2/h3-10,17,33H,11-13H2,1-2H3,(H,30,34). The fourth-order valence-electron chi connectivity index (χ4n) is 4.27. The molecule has 1 aliphatic heterocycles. The van der Waals surface area contributed by atoms with E-state index in [4.69, 9.17) is 23.9 Å². The van der Waals surface area contributed by atoms with Crippen LogP contribution >= 0.6 is 11.3 Å². The van der Waals surface area contributed by atoms with Crippen LogP contribution in [0, 0.1) is 6.92 Å². The Morgan fingerprint density at radius 3 is 2.92 bits per heavy atom. The number of aliphatic hydroxyl groups excluding tert-OH is 1. The number of carbonyl (C=O) groups excluding carboxylic acids is 1. The number of anilines is 1. The van der Waals surface area contributed by atoms with E-state index in [1.807, 2.05) is 19.1 Å². The average molecular weight is 546 g/mol. The number of hydrogen-bond acceptors (Lipinski definition) is 11. The molecule has 1 amide bonds. The second kappa shape index (κ2) is 10.3. The number of fused-ring (bicyclic) bond motifs is 4. The lowest BCUT2D eigenvalue weighted by atomic mass is 10.1. The highest BCUT2D eigenvalue weighted by Crippen LogP contribution is 2.46. The van der Waals surface area contributed by atoms with E-state index >= 15 is 0 Å². The van der Waals surface area contributed by atoms with Gasteiger partial charge in [0.2, 0.25) is 5.88 Å². The van der Waals surface area contributed by atoms with Gasteiger partial charge in [0, 0.05) is 11.8 Å². The molecule has 1 unspecified atom stereocenters. The largest absolute Gasteiger partial charge is 0.484 e. The summed E-state index contributed by atoms with van der Waals surface area (Å²) in [4.78, 5) is 30.0. The Bertz CT molecular complexity index is 1690. The minimum absolute atomic E-state index is 0.0125. The van der Waals surface area contributed by atoms with Crippen molar-refractivity contribution in [1.29, 1.82) is 0 Å². The lowest BCUT2D eigenvalue weighted by molar-refractivity contribution is 0.0383. The van der Waals surface area contributed by atoms with Gasteiger partial charge in [0.15, 0.2) is 17.6 Å². The average Bonchev–Trinajstić information content (AvgIpc) is 3.42. The van der Waals surface area contributed by atoms with Gasteiger partial charge in [-0.2, -0.15) is 0 Å². The van der Waals surface area contributed by atoms with Gasteiger partial charge >= 0.3 is 6.09 Å². The first-order chi connectivity index (χ1) is 19.0. The number of aryl methyl sites for hydroxylation is 1. The van der Waals surface area contributed by atoms with Crippen LogP contribution in [0.2, 0.25) is 0 Å². The lowest BCUT2D eigenvalue weighted by Gasteiger charge is -2.26. The Balaban J connectivity index is 1.27. The van der Waals surface area contributed by atoms with Crippen LogP contribution in [0.3, 0.4) is 0 Å². The SMILES string of the molecule is COc1cnc2c(-c3nc4c(C)cc5c(c4s3)OCC(COC(=O)Nc3cccnc3)O5)cc(CO)cc2n1. The summed E-state index contributed by atoms with van der Waals surface area (Å²) >= 11 is 1.45. The van der Waals surface area contributed by atoms with E-state index in [1.165, 1.54) is 24.6 Å². The molecule has 0 aliphatic carbocycles. The number of methoxy groups -OCH3 is 1. The molecule has 0 saturated carbocycles. The summed E-state index contributed by atoms with van der Waals surface area (Å²) in [5.74, 6) is 1.53. The van der Waals surface area contributed by atoms with Crippen LogP contribution in [0.5, 0.6) is 17.4 Å². The predicted molar refractivity (Wildman–Crippen MR) is 144 cm³/mol. The number of nitrogens with one attached hydrogen (secondary N) is 1. The lowest BCUT2D eigenvalue weighted by Crippen LogP contribution is -2.35. The van der Waals surface area contributed by atoms with Gasteiger partial charge in [-0.3, -0.25) is 10.3 Å². The van der Waals surface area contributed by atoms with Crippen LogP contribution in [-0.4, -0.2) is 57.6 Å². The minimum Gasteiger partial charge on any atom is -0.484 e. The quantitative estimate of drug-likeness (QED) is 0.314. The normalized spacial score (nSPS) is 14.4. The first-order valence-corrected chi connectivity index (χ1v) is 12.9. The van der Waals surface area contributed by atoms with Crippen molar-refractivity contribution >= 4 is 44.4 Å². The summed E-state index contributed by atoms with van der Waals surface area (Å²) < 4.78 is 23.6. The number of pyridine rings is 1. The minimum atomic E-state index is -0.603. The molecule has 3 aromatic heterocycles. The van der Waals surface area contributed by atoms with Crippen molar-refractivity contribution in [2.24, 2.45) is 0 Å². The van der Waals surface area contributed by atoms with Gasteiger partial charge in [-0.1, -0.05) is 0 Å². The molecule has 5 aromatic rings. The van der Waals surface area contributed by atoms with Crippen LogP contribution < -0.4 is 19.5 Å². The van der Waals surface area contributed by atoms with Crippen molar-refractivity contribution in [3.63, 3.8) is 0 Å². The summed E-state index contributed by atoms with van der Waals surface area (Å²) in [7, 11) is 1.53. The number of aliphatic hydroxyl groups is 1. The third kappa shape index (κ3) is 4.87.